The summed E-state index contributed by atoms with van der Waals surface area (Å²) in [5.41, 5.74) is 1.02. The Hall–Kier alpha value is -1.01. The molecule has 0 aromatic rings. The quantitative estimate of drug-likeness (QED) is 0.276. The van der Waals surface area contributed by atoms with E-state index in [0.717, 1.165) is 0 Å². The molecule has 0 heterocycles. The number of Topliss-reactive ketones (excluding diaryl/α,β-unsaturated/α-hetero) is 3. The van der Waals surface area contributed by atoms with Crippen molar-refractivity contribution in [3.63, 3.8) is 0 Å². The van der Waals surface area contributed by atoms with E-state index in [2.05, 4.69) is 19.7 Å². The molecule has 7 heteroatoms. The van der Waals surface area contributed by atoms with Crippen LogP contribution in [0, 0.1) is 0 Å². The van der Waals surface area contributed by atoms with E-state index in [0.29, 0.717) is 16.7 Å². The molecule has 0 aliphatic carbocycles. The number of rotatable bonds is 12. The average Bonchev–Trinajstić information content (AvgIpc) is 2.51. The zero-order chi connectivity index (χ0) is 19.9. The van der Waals surface area contributed by atoms with E-state index in [9.17, 15) is 14.4 Å². The van der Waals surface area contributed by atoms with E-state index < -0.39 is 41.4 Å². The molecule has 0 bridgehead atoms. The van der Waals surface area contributed by atoms with Gasteiger partial charge >= 0.3 is 160 Å². The normalized spacial score (nSPS) is 14.5. The fraction of sp³-hybridized carbons (Fsp3) is 0.500. The van der Waals surface area contributed by atoms with E-state index in [4.69, 9.17) is 8.44 Å². The number of hydrogen-bond donors (Lipinski definition) is 0. The molecule has 0 aromatic heterocycles. The van der Waals surface area contributed by atoms with Gasteiger partial charge in [0.25, 0.3) is 0 Å². The molecule has 0 saturated carbocycles. The maximum atomic E-state index is 12.0. The number of ketones is 3. The van der Waals surface area contributed by atoms with Crippen LogP contribution >= 0.6 is 0 Å². The third-order valence-corrected chi connectivity index (χ3v) is 8.80. The van der Waals surface area contributed by atoms with Crippen LogP contribution in [-0.2, 0) is 22.8 Å². The molecule has 25 heavy (non-hydrogen) atoms. The van der Waals surface area contributed by atoms with Crippen LogP contribution < -0.4 is 0 Å². The minimum absolute atomic E-state index is 0.287. The summed E-state index contributed by atoms with van der Waals surface area (Å²) in [7, 11) is 0. The van der Waals surface area contributed by atoms with Crippen molar-refractivity contribution in [1.29, 1.82) is 0 Å². The van der Waals surface area contributed by atoms with Gasteiger partial charge in [-0.3, -0.25) is 0 Å². The molecule has 0 radical (unpaired) electrons. The van der Waals surface area contributed by atoms with Crippen molar-refractivity contribution in [2.45, 2.75) is 59.9 Å². The van der Waals surface area contributed by atoms with Crippen molar-refractivity contribution in [1.82, 2.24) is 0 Å². The molecule has 140 valence electrons. The van der Waals surface area contributed by atoms with Gasteiger partial charge in [0.05, 0.1) is 0 Å². The van der Waals surface area contributed by atoms with Crippen molar-refractivity contribution in [3.8, 4) is 0 Å². The van der Waals surface area contributed by atoms with E-state index in [-0.39, 0.29) is 17.3 Å². The van der Waals surface area contributed by atoms with Crippen molar-refractivity contribution in [2.24, 2.45) is 0 Å². The fourth-order valence-corrected chi connectivity index (χ4v) is 6.35. The molecule has 6 nitrogen and oxygen atoms in total. The first-order chi connectivity index (χ1) is 11.4. The molecule has 0 rings (SSSR count). The van der Waals surface area contributed by atoms with Gasteiger partial charge < -0.3 is 0 Å². The molecule has 0 amide bonds. The van der Waals surface area contributed by atoms with Gasteiger partial charge in [0.15, 0.2) is 0 Å². The van der Waals surface area contributed by atoms with Gasteiger partial charge in [-0.15, -0.1) is 0 Å². The Morgan fingerprint density at radius 2 is 0.840 bits per heavy atom. The molecule has 0 aromatic carbocycles. The van der Waals surface area contributed by atoms with Crippen molar-refractivity contribution in [3.05, 3.63) is 36.5 Å². The molecular weight excluding hydrogens is 521 g/mol. The van der Waals surface area contributed by atoms with E-state index >= 15 is 0 Å². The zero-order valence-electron chi connectivity index (χ0n) is 15.8. The predicted molar refractivity (Wildman–Crippen MR) is 96.9 cm³/mol. The average molecular weight is 548 g/mol. The summed E-state index contributed by atoms with van der Waals surface area (Å²) < 4.78 is 17.0. The van der Waals surface area contributed by atoms with Gasteiger partial charge in [-0.25, -0.2) is 0 Å². The second kappa shape index (κ2) is 10.9. The Bertz CT molecular complexity index is 499. The van der Waals surface area contributed by atoms with Crippen molar-refractivity contribution >= 4 is 40.4 Å². The van der Waals surface area contributed by atoms with E-state index in [1.165, 1.54) is 0 Å². The molecule has 0 saturated heterocycles. The third-order valence-electron chi connectivity index (χ3n) is 3.10. The van der Waals surface area contributed by atoms with Crippen LogP contribution in [0.3, 0.4) is 0 Å². The summed E-state index contributed by atoms with van der Waals surface area (Å²) in [5, 5.41) is 0. The first kappa shape index (κ1) is 24.0. The first-order valence-corrected chi connectivity index (χ1v) is 12.0. The molecular formula is C18H27BiO6. The van der Waals surface area contributed by atoms with Crippen LogP contribution in [0.2, 0.25) is 0 Å². The van der Waals surface area contributed by atoms with Crippen LogP contribution in [0.4, 0.5) is 0 Å². The Morgan fingerprint density at radius 1 is 0.640 bits per heavy atom. The molecule has 0 aliphatic heterocycles. The summed E-state index contributed by atoms with van der Waals surface area (Å²) in [6.45, 7) is 20.2. The number of carbonyl (C=O) groups excluding carboxylic acids is 3. The molecule has 0 fully saturated rings. The van der Waals surface area contributed by atoms with Gasteiger partial charge in [-0.2, -0.15) is 0 Å². The second-order valence-corrected chi connectivity index (χ2v) is 10.1. The number of carbonyl (C=O) groups is 3. The molecule has 0 N–H and O–H groups in total. The van der Waals surface area contributed by atoms with Crippen molar-refractivity contribution < 1.29 is 22.8 Å². The minimum atomic E-state index is -3.73. The Morgan fingerprint density at radius 3 is 1.00 bits per heavy atom. The van der Waals surface area contributed by atoms with Gasteiger partial charge in [0.1, 0.15) is 0 Å². The summed E-state index contributed by atoms with van der Waals surface area (Å²) in [6.07, 6.45) is -2.47. The third kappa shape index (κ3) is 8.28. The maximum absolute atomic E-state index is 12.0. The second-order valence-electron chi connectivity index (χ2n) is 5.90. The van der Waals surface area contributed by atoms with Crippen LogP contribution in [-0.4, -0.2) is 58.7 Å². The molecule has 3 unspecified atom stereocenters. The monoisotopic (exact) mass is 548 g/mol. The van der Waals surface area contributed by atoms with Gasteiger partial charge in [0.2, 0.25) is 0 Å². The Balaban J connectivity index is 5.22. The summed E-state index contributed by atoms with van der Waals surface area (Å²) in [4.78, 5) is 35.9. The standard InChI is InChI=1S/3C6H9O2.Bi/c3*1-4(2)6(8)5(3)7;/h3*5H,1H2,2-3H3;/q3*-1;+3. The molecule has 3 atom stereocenters. The Kier molecular flexibility index (Phi) is 10.4. The van der Waals surface area contributed by atoms with Crippen LogP contribution in [0.1, 0.15) is 41.5 Å². The first-order valence-electron chi connectivity index (χ1n) is 7.78. The van der Waals surface area contributed by atoms with Gasteiger partial charge in [0, 0.05) is 0 Å². The van der Waals surface area contributed by atoms with Gasteiger partial charge in [-0.05, 0) is 0 Å². The topological polar surface area (TPSA) is 78.9 Å². The molecule has 0 spiro atoms. The van der Waals surface area contributed by atoms with Crippen LogP contribution in [0.5, 0.6) is 0 Å². The molecule has 0 aliphatic rings. The summed E-state index contributed by atoms with van der Waals surface area (Å²) >= 11 is -3.73. The summed E-state index contributed by atoms with van der Waals surface area (Å²) in [5.74, 6) is -0.861. The van der Waals surface area contributed by atoms with Crippen LogP contribution in [0.25, 0.3) is 0 Å². The fourth-order valence-electron chi connectivity index (χ4n) is 1.65. The predicted octanol–water partition coefficient (Wildman–Crippen LogP) is 2.62. The number of hydrogen-bond acceptors (Lipinski definition) is 6. The van der Waals surface area contributed by atoms with Gasteiger partial charge in [-0.1, -0.05) is 0 Å². The Labute approximate surface area is 159 Å². The van der Waals surface area contributed by atoms with Crippen molar-refractivity contribution in [2.75, 3.05) is 0 Å². The zero-order valence-corrected chi connectivity index (χ0v) is 19.2. The SMILES string of the molecule is C=C(C)C(=O)C(C)[O][Bi]([O]C(C)C(=O)C(=C)C)[O]C(C)C(=O)C(=C)C. The van der Waals surface area contributed by atoms with Crippen LogP contribution in [0.15, 0.2) is 36.5 Å². The van der Waals surface area contributed by atoms with E-state index in [1.54, 1.807) is 41.5 Å². The van der Waals surface area contributed by atoms with E-state index in [1.807, 2.05) is 0 Å². The summed E-state index contributed by atoms with van der Waals surface area (Å²) in [6, 6.07) is 0.